The van der Waals surface area contributed by atoms with Crippen molar-refractivity contribution in [1.82, 2.24) is 9.80 Å². The first-order chi connectivity index (χ1) is 10.5. The van der Waals surface area contributed by atoms with E-state index in [1.54, 1.807) is 5.57 Å². The molecule has 2 nitrogen and oxygen atoms in total. The van der Waals surface area contributed by atoms with Gasteiger partial charge in [-0.15, -0.1) is 0 Å². The van der Waals surface area contributed by atoms with Gasteiger partial charge in [-0.3, -0.25) is 0 Å². The van der Waals surface area contributed by atoms with Gasteiger partial charge in [-0.25, -0.2) is 0 Å². The fourth-order valence-electron chi connectivity index (χ4n) is 2.85. The largest absolute Gasteiger partial charge is 0.370 e. The van der Waals surface area contributed by atoms with Crippen LogP contribution in [0.2, 0.25) is 0 Å². The van der Waals surface area contributed by atoms with Crippen molar-refractivity contribution in [3.05, 3.63) is 35.6 Å². The van der Waals surface area contributed by atoms with Crippen LogP contribution in [0, 0.1) is 5.92 Å². The Morgan fingerprint density at radius 3 is 2.32 bits per heavy atom. The molecule has 0 aliphatic heterocycles. The van der Waals surface area contributed by atoms with E-state index < -0.39 is 0 Å². The van der Waals surface area contributed by atoms with Gasteiger partial charge in [-0.05, 0) is 71.0 Å². The Bertz CT molecular complexity index is 439. The van der Waals surface area contributed by atoms with Gasteiger partial charge in [0, 0.05) is 25.3 Å². The fourth-order valence-corrected chi connectivity index (χ4v) is 2.85. The first-order valence-electron chi connectivity index (χ1n) is 8.94. The van der Waals surface area contributed by atoms with E-state index in [0.717, 1.165) is 38.0 Å². The summed E-state index contributed by atoms with van der Waals surface area (Å²) in [6.07, 6.45) is 11.5. The van der Waals surface area contributed by atoms with E-state index in [0.29, 0.717) is 0 Å². The van der Waals surface area contributed by atoms with Crippen molar-refractivity contribution in [3.63, 3.8) is 0 Å². The molecule has 0 amide bonds. The van der Waals surface area contributed by atoms with Crippen LogP contribution < -0.4 is 0 Å². The third-order valence-corrected chi connectivity index (χ3v) is 4.74. The number of rotatable bonds is 10. The zero-order valence-corrected chi connectivity index (χ0v) is 15.1. The summed E-state index contributed by atoms with van der Waals surface area (Å²) in [5.41, 5.74) is 4.40. The van der Waals surface area contributed by atoms with Crippen molar-refractivity contribution >= 4 is 0 Å². The van der Waals surface area contributed by atoms with Gasteiger partial charge < -0.3 is 9.80 Å². The van der Waals surface area contributed by atoms with Gasteiger partial charge in [0.15, 0.2) is 0 Å². The van der Waals surface area contributed by atoms with Gasteiger partial charge >= 0.3 is 0 Å². The Hall–Kier alpha value is -1.02. The minimum absolute atomic E-state index is 0.757. The predicted octanol–water partition coefficient (Wildman–Crippen LogP) is 4.61. The lowest BCUT2D eigenvalue weighted by Gasteiger charge is -2.24. The molecule has 0 heterocycles. The molecule has 2 aliphatic rings. The van der Waals surface area contributed by atoms with Crippen molar-refractivity contribution in [2.24, 2.45) is 5.92 Å². The molecule has 0 radical (unpaired) electrons. The lowest BCUT2D eigenvalue weighted by Crippen LogP contribution is -2.25. The second-order valence-electron chi connectivity index (χ2n) is 7.40. The zero-order chi connectivity index (χ0) is 16.1. The van der Waals surface area contributed by atoms with E-state index in [9.17, 15) is 0 Å². The van der Waals surface area contributed by atoms with Crippen LogP contribution in [-0.4, -0.2) is 42.5 Å². The summed E-state index contributed by atoms with van der Waals surface area (Å²) in [4.78, 5) is 4.93. The highest BCUT2D eigenvalue weighted by Crippen LogP contribution is 2.36. The standard InChI is InChI=1S/C20H34N2/c1-6-21(5)14-18(8-7-17(4)19-9-10-19)15-22(13-16(2)3)20-11-12-20/h7,15,19-20H,2,6,8-14H2,1,3-5H3/b17-7+,18-15+. The summed E-state index contributed by atoms with van der Waals surface area (Å²) in [5, 5.41) is 0. The highest BCUT2D eigenvalue weighted by atomic mass is 15.2. The lowest BCUT2D eigenvalue weighted by atomic mass is 10.1. The van der Waals surface area contributed by atoms with Gasteiger partial charge in [0.1, 0.15) is 0 Å². The summed E-state index contributed by atoms with van der Waals surface area (Å²) in [7, 11) is 2.21. The van der Waals surface area contributed by atoms with Crippen LogP contribution in [-0.2, 0) is 0 Å². The molecule has 0 N–H and O–H groups in total. The van der Waals surface area contributed by atoms with Crippen LogP contribution in [0.1, 0.15) is 52.9 Å². The molecule has 0 bridgehead atoms. The van der Waals surface area contributed by atoms with Crippen molar-refractivity contribution in [2.45, 2.75) is 58.9 Å². The van der Waals surface area contributed by atoms with E-state index in [4.69, 9.17) is 0 Å². The van der Waals surface area contributed by atoms with Crippen LogP contribution in [0.4, 0.5) is 0 Å². The number of allylic oxidation sites excluding steroid dienone is 2. The van der Waals surface area contributed by atoms with E-state index in [2.05, 4.69) is 56.5 Å². The Balaban J connectivity index is 2.04. The van der Waals surface area contributed by atoms with Crippen LogP contribution in [0.3, 0.4) is 0 Å². The second kappa shape index (κ2) is 8.01. The summed E-state index contributed by atoms with van der Waals surface area (Å²) >= 11 is 0. The van der Waals surface area contributed by atoms with Crippen LogP contribution in [0.15, 0.2) is 35.6 Å². The number of hydrogen-bond donors (Lipinski definition) is 0. The van der Waals surface area contributed by atoms with Crippen LogP contribution >= 0.6 is 0 Å². The third kappa shape index (κ3) is 6.00. The van der Waals surface area contributed by atoms with Crippen molar-refractivity contribution in [2.75, 3.05) is 26.7 Å². The molecule has 124 valence electrons. The molecule has 0 aromatic rings. The van der Waals surface area contributed by atoms with E-state index >= 15 is 0 Å². The summed E-state index contributed by atoms with van der Waals surface area (Å²) in [6, 6.07) is 0.757. The summed E-state index contributed by atoms with van der Waals surface area (Å²) < 4.78 is 0. The molecular weight excluding hydrogens is 268 g/mol. The highest BCUT2D eigenvalue weighted by Gasteiger charge is 2.27. The van der Waals surface area contributed by atoms with E-state index in [-0.39, 0.29) is 0 Å². The molecule has 0 aromatic heterocycles. The number of hydrogen-bond acceptors (Lipinski definition) is 2. The molecule has 2 aliphatic carbocycles. The van der Waals surface area contributed by atoms with Gasteiger partial charge in [-0.1, -0.05) is 30.7 Å². The maximum Gasteiger partial charge on any atom is 0.0381 e. The smallest absolute Gasteiger partial charge is 0.0381 e. The molecule has 0 unspecified atom stereocenters. The quantitative estimate of drug-likeness (QED) is 0.544. The molecule has 22 heavy (non-hydrogen) atoms. The summed E-state index contributed by atoms with van der Waals surface area (Å²) in [5.74, 6) is 0.889. The Morgan fingerprint density at radius 1 is 1.14 bits per heavy atom. The molecule has 0 spiro atoms. The highest BCUT2D eigenvalue weighted by molar-refractivity contribution is 5.17. The third-order valence-electron chi connectivity index (χ3n) is 4.74. The van der Waals surface area contributed by atoms with Gasteiger partial charge in [0.2, 0.25) is 0 Å². The van der Waals surface area contributed by atoms with Crippen LogP contribution in [0.5, 0.6) is 0 Å². The van der Waals surface area contributed by atoms with Crippen LogP contribution in [0.25, 0.3) is 0 Å². The van der Waals surface area contributed by atoms with Gasteiger partial charge in [-0.2, -0.15) is 0 Å². The molecule has 2 fully saturated rings. The average molecular weight is 303 g/mol. The zero-order valence-electron chi connectivity index (χ0n) is 15.1. The normalized spacial score (nSPS) is 19.7. The molecule has 0 saturated heterocycles. The van der Waals surface area contributed by atoms with Crippen molar-refractivity contribution < 1.29 is 0 Å². The molecule has 2 heteroatoms. The fraction of sp³-hybridized carbons (Fsp3) is 0.700. The molecule has 2 saturated carbocycles. The van der Waals surface area contributed by atoms with Crippen molar-refractivity contribution in [1.29, 1.82) is 0 Å². The van der Waals surface area contributed by atoms with E-state index in [1.807, 2.05) is 0 Å². The monoisotopic (exact) mass is 302 g/mol. The topological polar surface area (TPSA) is 6.48 Å². The van der Waals surface area contributed by atoms with Gasteiger partial charge in [0.25, 0.3) is 0 Å². The lowest BCUT2D eigenvalue weighted by molar-refractivity contribution is 0.362. The molecular formula is C20H34N2. The number of nitrogens with zero attached hydrogens (tertiary/aromatic N) is 2. The van der Waals surface area contributed by atoms with E-state index in [1.165, 1.54) is 36.8 Å². The Kier molecular flexibility index (Phi) is 6.31. The summed E-state index contributed by atoms with van der Waals surface area (Å²) in [6.45, 7) is 14.0. The second-order valence-corrected chi connectivity index (χ2v) is 7.40. The predicted molar refractivity (Wildman–Crippen MR) is 96.9 cm³/mol. The average Bonchev–Trinajstić information content (AvgIpc) is 3.34. The maximum absolute atomic E-state index is 4.10. The minimum Gasteiger partial charge on any atom is -0.370 e. The Labute approximate surface area is 137 Å². The first-order valence-corrected chi connectivity index (χ1v) is 8.94. The SMILES string of the molecule is C=C(C)CN(/C=C(\C/C=C(\C)C1CC1)CN(C)CC)C1CC1. The minimum atomic E-state index is 0.757. The molecule has 0 aromatic carbocycles. The first kappa shape index (κ1) is 17.3. The Morgan fingerprint density at radius 2 is 1.82 bits per heavy atom. The molecule has 2 rings (SSSR count). The maximum atomic E-state index is 4.10. The molecule has 0 atom stereocenters. The van der Waals surface area contributed by atoms with Crippen molar-refractivity contribution in [3.8, 4) is 0 Å². The van der Waals surface area contributed by atoms with Gasteiger partial charge in [0.05, 0.1) is 0 Å². The number of likely N-dealkylation sites (N-methyl/N-ethyl adjacent to an activating group) is 1.